The molecule has 0 amide bonds. The van der Waals surface area contributed by atoms with Crippen LogP contribution in [0.4, 0.5) is 11.5 Å². The third-order valence-electron chi connectivity index (χ3n) is 7.24. The molecule has 0 spiro atoms. The molecule has 44 heavy (non-hydrogen) atoms. The molecule has 224 valence electrons. The van der Waals surface area contributed by atoms with Crippen LogP contribution in [-0.4, -0.2) is 91.4 Å². The number of aryl methyl sites for hydroxylation is 1. The summed E-state index contributed by atoms with van der Waals surface area (Å²) in [4.78, 5) is 23.7. The number of nitrogens with zero attached hydrogens (tertiary/aromatic N) is 9. The van der Waals surface area contributed by atoms with Crippen molar-refractivity contribution in [3.63, 3.8) is 0 Å². The number of imidazole rings is 1. The van der Waals surface area contributed by atoms with Gasteiger partial charge in [0.15, 0.2) is 33.0 Å². The Morgan fingerprint density at radius 1 is 1.09 bits per heavy atom. The molecule has 1 aliphatic rings. The average molecular weight is 613 g/mol. The highest BCUT2D eigenvalue weighted by molar-refractivity contribution is 7.91. The van der Waals surface area contributed by atoms with E-state index in [-0.39, 0.29) is 23.0 Å². The molecule has 0 aliphatic carbocycles. The molecule has 1 fully saturated rings. The summed E-state index contributed by atoms with van der Waals surface area (Å²) in [5.41, 5.74) is 3.55. The number of anilines is 2. The van der Waals surface area contributed by atoms with E-state index in [0.717, 1.165) is 11.2 Å². The average Bonchev–Trinajstić information content (AvgIpc) is 3.61. The quantitative estimate of drug-likeness (QED) is 0.241. The van der Waals surface area contributed by atoms with Crippen LogP contribution in [0, 0.1) is 18.3 Å². The molecule has 6 rings (SSSR count). The van der Waals surface area contributed by atoms with Crippen molar-refractivity contribution in [2.45, 2.75) is 13.8 Å². The van der Waals surface area contributed by atoms with Crippen LogP contribution in [0.15, 0.2) is 54.9 Å². The number of ketones is 1. The van der Waals surface area contributed by atoms with Gasteiger partial charge in [0.25, 0.3) is 0 Å². The normalized spacial score (nSPS) is 14.8. The number of hydrogen-bond acceptors (Lipinski definition) is 12. The summed E-state index contributed by atoms with van der Waals surface area (Å²) in [6, 6.07) is 16.2. The molecule has 1 N–H and O–H groups in total. The summed E-state index contributed by atoms with van der Waals surface area (Å²) >= 11 is 0. The van der Waals surface area contributed by atoms with Gasteiger partial charge in [0, 0.05) is 37.1 Å². The fourth-order valence-corrected chi connectivity index (χ4v) is 6.17. The zero-order chi connectivity index (χ0) is 30.8. The molecule has 0 unspecified atom stereocenters. The lowest BCUT2D eigenvalue weighted by Gasteiger charge is -2.26. The zero-order valence-corrected chi connectivity index (χ0v) is 24.8. The van der Waals surface area contributed by atoms with Crippen LogP contribution in [0.5, 0.6) is 5.88 Å². The predicted molar refractivity (Wildman–Crippen MR) is 161 cm³/mol. The maximum Gasteiger partial charge on any atom is 0.233 e. The number of hydrogen-bond donors (Lipinski definition) is 1. The third-order valence-corrected chi connectivity index (χ3v) is 8.85. The Morgan fingerprint density at radius 3 is 2.61 bits per heavy atom. The molecule has 1 saturated heterocycles. The first-order valence-electron chi connectivity index (χ1n) is 13.8. The van der Waals surface area contributed by atoms with Crippen LogP contribution >= 0.6 is 0 Å². The van der Waals surface area contributed by atoms with Crippen LogP contribution in [0.1, 0.15) is 28.7 Å². The Labute approximate surface area is 252 Å². The Kier molecular flexibility index (Phi) is 7.77. The zero-order valence-electron chi connectivity index (χ0n) is 24.0. The van der Waals surface area contributed by atoms with E-state index in [9.17, 15) is 18.5 Å². The summed E-state index contributed by atoms with van der Waals surface area (Å²) in [6.45, 7) is 5.30. The summed E-state index contributed by atoms with van der Waals surface area (Å²) in [6.07, 6.45) is 1.65. The highest BCUT2D eigenvalue weighted by Gasteiger charge is 2.21. The second-order valence-corrected chi connectivity index (χ2v) is 12.6. The predicted octanol–water partition coefficient (Wildman–Crippen LogP) is 2.63. The first-order valence-corrected chi connectivity index (χ1v) is 15.6. The molecule has 0 atom stereocenters. The number of fused-ring (bicyclic) bond motifs is 1. The van der Waals surface area contributed by atoms with Gasteiger partial charge in [-0.25, -0.2) is 23.1 Å². The number of carbonyl (C=O) groups is 1. The Bertz CT molecular complexity index is 2000. The SMILES string of the molecule is CC(=O)c1ccc(-n2cnc3cc(Nc4ccc(OCCN5CCS(=O)(=O)CC5)nn4)ccc32)nc1-n1nc(C#N)cc1C. The number of Topliss-reactive ketones (excluding diaryl/α,β-unsaturated/α-hetero) is 1. The number of ether oxygens (including phenoxy) is 1. The van der Waals surface area contributed by atoms with Gasteiger partial charge in [0.05, 0.1) is 28.1 Å². The minimum atomic E-state index is -2.91. The first kappa shape index (κ1) is 28.9. The fraction of sp³-hybridized carbons (Fsp3) is 0.276. The summed E-state index contributed by atoms with van der Waals surface area (Å²) < 4.78 is 32.1. The lowest BCUT2D eigenvalue weighted by atomic mass is 10.2. The van der Waals surface area contributed by atoms with Crippen molar-refractivity contribution in [3.05, 3.63) is 71.8 Å². The van der Waals surface area contributed by atoms with Crippen molar-refractivity contribution in [1.29, 1.82) is 5.26 Å². The summed E-state index contributed by atoms with van der Waals surface area (Å²) in [7, 11) is -2.91. The molecule has 5 aromatic rings. The van der Waals surface area contributed by atoms with Gasteiger partial charge < -0.3 is 10.1 Å². The van der Waals surface area contributed by atoms with Crippen LogP contribution < -0.4 is 10.1 Å². The van der Waals surface area contributed by atoms with Crippen molar-refractivity contribution in [2.75, 3.05) is 43.1 Å². The van der Waals surface area contributed by atoms with Crippen LogP contribution in [-0.2, 0) is 9.84 Å². The van der Waals surface area contributed by atoms with Crippen LogP contribution in [0.2, 0.25) is 0 Å². The topological polar surface area (TPSA) is 174 Å². The second kappa shape index (κ2) is 11.8. The lowest BCUT2D eigenvalue weighted by molar-refractivity contribution is 0.101. The molecule has 5 heterocycles. The van der Waals surface area contributed by atoms with Crippen molar-refractivity contribution >= 4 is 38.2 Å². The van der Waals surface area contributed by atoms with Gasteiger partial charge >= 0.3 is 0 Å². The van der Waals surface area contributed by atoms with Gasteiger partial charge in [-0.1, -0.05) is 0 Å². The number of nitriles is 1. The highest BCUT2D eigenvalue weighted by Crippen LogP contribution is 2.25. The standard InChI is InChI=1S/C29H28N10O4S/c1-19-15-22(17-30)36-39(19)29-23(20(2)40)4-7-27(33-29)38-18-31-24-16-21(3-5-25(24)38)32-26-6-8-28(35-34-26)43-12-9-37-10-13-44(41,42)14-11-37/h3-8,15-16,18H,9-14H2,1-2H3,(H,32,34). The lowest BCUT2D eigenvalue weighted by Crippen LogP contribution is -2.42. The van der Waals surface area contributed by atoms with Gasteiger partial charge in [-0.2, -0.15) is 10.4 Å². The molecule has 1 aliphatic heterocycles. The maximum absolute atomic E-state index is 12.4. The van der Waals surface area contributed by atoms with E-state index in [1.807, 2.05) is 28.8 Å². The number of sulfone groups is 1. The molecular formula is C29H28N10O4S. The van der Waals surface area contributed by atoms with E-state index in [4.69, 9.17) is 9.72 Å². The number of nitrogens with one attached hydrogen (secondary N) is 1. The first-order chi connectivity index (χ1) is 21.2. The van der Waals surface area contributed by atoms with Crippen LogP contribution in [0.25, 0.3) is 22.7 Å². The van der Waals surface area contributed by atoms with Crippen LogP contribution in [0.3, 0.4) is 0 Å². The van der Waals surface area contributed by atoms with Crippen molar-refractivity contribution < 1.29 is 17.9 Å². The van der Waals surface area contributed by atoms with E-state index in [1.165, 1.54) is 11.6 Å². The number of rotatable bonds is 9. The Balaban J connectivity index is 1.15. The second-order valence-electron chi connectivity index (χ2n) is 10.3. The van der Waals surface area contributed by atoms with E-state index >= 15 is 0 Å². The molecule has 4 aromatic heterocycles. The molecule has 0 radical (unpaired) electrons. The van der Waals surface area contributed by atoms with Gasteiger partial charge in [-0.05, 0) is 56.3 Å². The molecule has 14 nitrogen and oxygen atoms in total. The molecule has 1 aromatic carbocycles. The van der Waals surface area contributed by atoms with Gasteiger partial charge in [0.2, 0.25) is 5.88 Å². The van der Waals surface area contributed by atoms with Crippen molar-refractivity contribution in [3.8, 4) is 23.6 Å². The van der Waals surface area contributed by atoms with E-state index in [0.29, 0.717) is 66.3 Å². The summed E-state index contributed by atoms with van der Waals surface area (Å²) in [5.74, 6) is 1.97. The van der Waals surface area contributed by atoms with Gasteiger partial charge in [-0.15, -0.1) is 10.2 Å². The number of pyridine rings is 1. The van der Waals surface area contributed by atoms with E-state index in [1.54, 1.807) is 43.6 Å². The minimum Gasteiger partial charge on any atom is -0.475 e. The van der Waals surface area contributed by atoms with Crippen molar-refractivity contribution in [2.24, 2.45) is 0 Å². The Morgan fingerprint density at radius 2 is 1.91 bits per heavy atom. The van der Waals surface area contributed by atoms with Crippen molar-refractivity contribution in [1.82, 2.24) is 39.4 Å². The molecule has 0 bridgehead atoms. The highest BCUT2D eigenvalue weighted by atomic mass is 32.2. The molecule has 15 heteroatoms. The van der Waals surface area contributed by atoms with E-state index < -0.39 is 9.84 Å². The molecule has 0 saturated carbocycles. The largest absolute Gasteiger partial charge is 0.475 e. The maximum atomic E-state index is 12.4. The van der Waals surface area contributed by atoms with Gasteiger partial charge in [0.1, 0.15) is 24.8 Å². The Hall–Kier alpha value is -5.20. The number of carbonyl (C=O) groups excluding carboxylic acids is 1. The minimum absolute atomic E-state index is 0.168. The monoisotopic (exact) mass is 612 g/mol. The number of benzene rings is 1. The third kappa shape index (κ3) is 6.12. The van der Waals surface area contributed by atoms with E-state index in [2.05, 4.69) is 30.5 Å². The number of aromatic nitrogens is 7. The fourth-order valence-electron chi connectivity index (χ4n) is 4.89. The molecular weight excluding hydrogens is 584 g/mol. The van der Waals surface area contributed by atoms with Gasteiger partial charge in [-0.3, -0.25) is 14.3 Å². The smallest absolute Gasteiger partial charge is 0.233 e. The summed E-state index contributed by atoms with van der Waals surface area (Å²) in [5, 5.41) is 25.1.